The molecule has 6 nitrogen and oxygen atoms in total. The summed E-state index contributed by atoms with van der Waals surface area (Å²) in [5.74, 6) is -0.0592. The first-order valence-corrected chi connectivity index (χ1v) is 11.7. The summed E-state index contributed by atoms with van der Waals surface area (Å²) < 4.78 is 2.44. The van der Waals surface area contributed by atoms with E-state index in [2.05, 4.69) is 17.0 Å². The average Bonchev–Trinajstić information content (AvgIpc) is 3.36. The normalized spacial score (nSPS) is 19.3. The van der Waals surface area contributed by atoms with E-state index in [4.69, 9.17) is 17.3 Å². The van der Waals surface area contributed by atoms with Crippen LogP contribution < -0.4 is 0 Å². The van der Waals surface area contributed by atoms with Crippen LogP contribution in [-0.2, 0) is 4.79 Å². The molecule has 3 aromatic rings. The predicted octanol–water partition coefficient (Wildman–Crippen LogP) is 3.90. The van der Waals surface area contributed by atoms with Crippen LogP contribution >= 0.6 is 24.0 Å². The van der Waals surface area contributed by atoms with E-state index in [1.807, 2.05) is 77.6 Å². The second-order valence-electron chi connectivity index (χ2n) is 7.83. The number of hydrogen-bond donors (Lipinski definition) is 0. The van der Waals surface area contributed by atoms with Crippen molar-refractivity contribution in [1.82, 2.24) is 24.7 Å². The average molecular weight is 462 g/mol. The van der Waals surface area contributed by atoms with Crippen molar-refractivity contribution in [2.24, 2.45) is 0 Å². The number of rotatable bonds is 4. The van der Waals surface area contributed by atoms with Crippen molar-refractivity contribution < 1.29 is 4.79 Å². The smallest absolute Gasteiger partial charge is 0.280 e. The number of nitrogens with zero attached hydrogens (tertiary/aromatic N) is 5. The molecule has 2 saturated heterocycles. The zero-order valence-corrected chi connectivity index (χ0v) is 19.4. The van der Waals surface area contributed by atoms with E-state index in [0.717, 1.165) is 48.7 Å². The van der Waals surface area contributed by atoms with Gasteiger partial charge in [0, 0.05) is 43.5 Å². The fraction of sp³-hybridized carbons (Fsp3) is 0.208. The SMILES string of the molecule is CN1CCN(N2C(=O)/C(=C/c3cn(-c4ccccc4)nc3-c3ccccc3)SC2=S)CC1. The lowest BCUT2D eigenvalue weighted by atomic mass is 10.1. The molecule has 0 spiro atoms. The van der Waals surface area contributed by atoms with E-state index in [1.165, 1.54) is 11.8 Å². The van der Waals surface area contributed by atoms with Gasteiger partial charge in [-0.25, -0.2) is 14.7 Å². The number of amides is 1. The van der Waals surface area contributed by atoms with Gasteiger partial charge in [-0.3, -0.25) is 4.79 Å². The molecule has 0 bridgehead atoms. The summed E-state index contributed by atoms with van der Waals surface area (Å²) in [6, 6.07) is 20.0. The molecule has 5 rings (SSSR count). The van der Waals surface area contributed by atoms with Gasteiger partial charge in [0.15, 0.2) is 4.32 Å². The monoisotopic (exact) mass is 461 g/mol. The Kier molecular flexibility index (Phi) is 5.93. The molecule has 0 radical (unpaired) electrons. The Morgan fingerprint density at radius 2 is 1.62 bits per heavy atom. The lowest BCUT2D eigenvalue weighted by molar-refractivity contribution is -0.135. The first kappa shape index (κ1) is 21.1. The number of benzene rings is 2. The lowest BCUT2D eigenvalue weighted by Crippen LogP contribution is -2.54. The number of carbonyl (C=O) groups excluding carboxylic acids is 1. The fourth-order valence-electron chi connectivity index (χ4n) is 3.87. The van der Waals surface area contributed by atoms with Gasteiger partial charge >= 0.3 is 0 Å². The van der Waals surface area contributed by atoms with Gasteiger partial charge in [-0.1, -0.05) is 72.5 Å². The van der Waals surface area contributed by atoms with Gasteiger partial charge in [-0.05, 0) is 25.3 Å². The zero-order chi connectivity index (χ0) is 22.1. The summed E-state index contributed by atoms with van der Waals surface area (Å²) in [7, 11) is 2.09. The van der Waals surface area contributed by atoms with Crippen LogP contribution in [0, 0.1) is 0 Å². The minimum absolute atomic E-state index is 0.0592. The molecule has 8 heteroatoms. The first-order valence-electron chi connectivity index (χ1n) is 10.5. The van der Waals surface area contributed by atoms with Crippen LogP contribution in [0.15, 0.2) is 71.8 Å². The van der Waals surface area contributed by atoms with Crippen LogP contribution in [0.2, 0.25) is 0 Å². The van der Waals surface area contributed by atoms with E-state index in [9.17, 15) is 4.79 Å². The number of hydrazine groups is 1. The molecule has 32 heavy (non-hydrogen) atoms. The van der Waals surface area contributed by atoms with Crippen molar-refractivity contribution >= 4 is 40.3 Å². The van der Waals surface area contributed by atoms with Crippen LogP contribution in [-0.4, -0.2) is 68.2 Å². The van der Waals surface area contributed by atoms with Crippen LogP contribution in [0.3, 0.4) is 0 Å². The molecule has 162 valence electrons. The molecule has 2 aliphatic heterocycles. The lowest BCUT2D eigenvalue weighted by Gasteiger charge is -2.37. The quantitative estimate of drug-likeness (QED) is 0.434. The molecular weight excluding hydrogens is 438 g/mol. The highest BCUT2D eigenvalue weighted by Crippen LogP contribution is 2.35. The van der Waals surface area contributed by atoms with Crippen molar-refractivity contribution in [3.05, 3.63) is 77.3 Å². The highest BCUT2D eigenvalue weighted by molar-refractivity contribution is 8.26. The Labute approximate surface area is 197 Å². The highest BCUT2D eigenvalue weighted by Gasteiger charge is 2.37. The van der Waals surface area contributed by atoms with Gasteiger partial charge in [0.2, 0.25) is 0 Å². The van der Waals surface area contributed by atoms with E-state index in [1.54, 1.807) is 5.01 Å². The molecule has 2 aliphatic rings. The molecule has 0 N–H and O–H groups in total. The Bertz CT molecular complexity index is 1170. The summed E-state index contributed by atoms with van der Waals surface area (Å²) >= 11 is 6.94. The molecule has 0 atom stereocenters. The second-order valence-corrected chi connectivity index (χ2v) is 9.51. The van der Waals surface area contributed by atoms with E-state index in [-0.39, 0.29) is 5.91 Å². The summed E-state index contributed by atoms with van der Waals surface area (Å²) in [5, 5.41) is 8.57. The van der Waals surface area contributed by atoms with Gasteiger partial charge in [-0.15, -0.1) is 0 Å². The molecule has 2 fully saturated rings. The Morgan fingerprint density at radius 1 is 0.969 bits per heavy atom. The highest BCUT2D eigenvalue weighted by atomic mass is 32.2. The number of likely N-dealkylation sites (N-methyl/N-ethyl adjacent to an activating group) is 1. The number of hydrogen-bond acceptors (Lipinski definition) is 6. The third-order valence-electron chi connectivity index (χ3n) is 5.63. The predicted molar refractivity (Wildman–Crippen MR) is 133 cm³/mol. The van der Waals surface area contributed by atoms with E-state index < -0.39 is 0 Å². The van der Waals surface area contributed by atoms with Gasteiger partial charge in [-0.2, -0.15) is 5.10 Å². The van der Waals surface area contributed by atoms with Gasteiger partial charge in [0.1, 0.15) is 0 Å². The molecule has 0 unspecified atom stereocenters. The molecule has 1 amide bonds. The summed E-state index contributed by atoms with van der Waals surface area (Å²) in [6.45, 7) is 3.41. The van der Waals surface area contributed by atoms with Crippen LogP contribution in [0.25, 0.3) is 23.0 Å². The topological polar surface area (TPSA) is 44.6 Å². The molecule has 3 heterocycles. The molecule has 1 aromatic heterocycles. The number of para-hydroxylation sites is 1. The summed E-state index contributed by atoms with van der Waals surface area (Å²) in [4.78, 5) is 16.2. The summed E-state index contributed by atoms with van der Waals surface area (Å²) in [6.07, 6.45) is 3.89. The minimum atomic E-state index is -0.0592. The van der Waals surface area contributed by atoms with E-state index in [0.29, 0.717) is 9.23 Å². The maximum atomic E-state index is 13.3. The zero-order valence-electron chi connectivity index (χ0n) is 17.7. The Balaban J connectivity index is 1.51. The number of piperazine rings is 1. The Hall–Kier alpha value is -2.78. The number of carbonyl (C=O) groups is 1. The van der Waals surface area contributed by atoms with Gasteiger partial charge < -0.3 is 4.90 Å². The van der Waals surface area contributed by atoms with Gasteiger partial charge in [0.25, 0.3) is 5.91 Å². The van der Waals surface area contributed by atoms with Crippen LogP contribution in [0.1, 0.15) is 5.56 Å². The van der Waals surface area contributed by atoms with Crippen molar-refractivity contribution in [3.8, 4) is 16.9 Å². The van der Waals surface area contributed by atoms with Crippen molar-refractivity contribution in [2.45, 2.75) is 0 Å². The molecule has 0 aliphatic carbocycles. The largest absolute Gasteiger partial charge is 0.304 e. The van der Waals surface area contributed by atoms with Crippen LogP contribution in [0.5, 0.6) is 0 Å². The molecule has 0 saturated carbocycles. The minimum Gasteiger partial charge on any atom is -0.304 e. The maximum Gasteiger partial charge on any atom is 0.280 e. The summed E-state index contributed by atoms with van der Waals surface area (Å²) in [5.41, 5.74) is 3.69. The fourth-order valence-corrected chi connectivity index (χ4v) is 5.17. The van der Waals surface area contributed by atoms with E-state index >= 15 is 0 Å². The third-order valence-corrected chi connectivity index (χ3v) is 6.92. The first-order chi connectivity index (χ1) is 15.6. The Morgan fingerprint density at radius 3 is 2.31 bits per heavy atom. The molecular formula is C24H23N5OS2. The van der Waals surface area contributed by atoms with Crippen LogP contribution in [0.4, 0.5) is 0 Å². The van der Waals surface area contributed by atoms with Gasteiger partial charge in [0.05, 0.1) is 16.3 Å². The number of thioether (sulfide) groups is 1. The van der Waals surface area contributed by atoms with Crippen molar-refractivity contribution in [1.29, 1.82) is 0 Å². The second kappa shape index (κ2) is 8.99. The maximum absolute atomic E-state index is 13.3. The van der Waals surface area contributed by atoms with Crippen molar-refractivity contribution in [3.63, 3.8) is 0 Å². The molecule has 2 aromatic carbocycles. The third kappa shape index (κ3) is 4.14. The number of aromatic nitrogens is 2. The standard InChI is InChI=1S/C24H23N5OS2/c1-26-12-14-27(15-13-26)29-23(30)21(32-24(29)31)16-19-17-28(20-10-6-3-7-11-20)25-22(19)18-8-4-2-5-9-18/h2-11,16-17H,12-15H2,1H3/b21-16-. The van der Waals surface area contributed by atoms with Crippen molar-refractivity contribution in [2.75, 3.05) is 33.2 Å². The number of thiocarbonyl (C=S) groups is 1.